The Hall–Kier alpha value is -2.57. The molecule has 0 atom stereocenters. The van der Waals surface area contributed by atoms with Gasteiger partial charge in [0.25, 0.3) is 0 Å². The minimum absolute atomic E-state index is 0.0640. The monoisotopic (exact) mass is 294 g/mol. The molecule has 0 radical (unpaired) electrons. The van der Waals surface area contributed by atoms with E-state index >= 15 is 0 Å². The van der Waals surface area contributed by atoms with Gasteiger partial charge in [-0.15, -0.1) is 0 Å². The number of anilines is 1. The molecule has 0 aromatic heterocycles. The van der Waals surface area contributed by atoms with Crippen molar-refractivity contribution in [1.82, 2.24) is 5.32 Å². The molecule has 0 spiro atoms. The van der Waals surface area contributed by atoms with E-state index in [0.717, 1.165) is 0 Å². The van der Waals surface area contributed by atoms with E-state index in [9.17, 15) is 14.4 Å². The van der Waals surface area contributed by atoms with Crippen LogP contribution in [0, 0.1) is 0 Å². The number of nitrogens with one attached hydrogen (secondary N) is 1. The molecule has 1 saturated heterocycles. The molecule has 0 aliphatic carbocycles. The number of imide groups is 1. The summed E-state index contributed by atoms with van der Waals surface area (Å²) in [7, 11) is 1.39. The highest BCUT2D eigenvalue weighted by Crippen LogP contribution is 2.30. The molecule has 1 aliphatic rings. The molecular weight excluding hydrogens is 276 g/mol. The Balaban J connectivity index is 0.00000106. The van der Waals surface area contributed by atoms with E-state index in [2.05, 4.69) is 5.32 Å². The molecule has 0 saturated carbocycles. The predicted molar refractivity (Wildman–Crippen MR) is 76.8 cm³/mol. The molecule has 1 fully saturated rings. The van der Waals surface area contributed by atoms with Crippen molar-refractivity contribution in [3.8, 4) is 5.75 Å². The van der Waals surface area contributed by atoms with Gasteiger partial charge in [0, 0.05) is 13.0 Å². The Morgan fingerprint density at radius 2 is 2.00 bits per heavy atom. The van der Waals surface area contributed by atoms with E-state index in [1.54, 1.807) is 0 Å². The second-order valence-corrected chi connectivity index (χ2v) is 3.95. The van der Waals surface area contributed by atoms with E-state index < -0.39 is 12.0 Å². The van der Waals surface area contributed by atoms with Crippen molar-refractivity contribution in [2.75, 3.05) is 18.6 Å². The van der Waals surface area contributed by atoms with Crippen LogP contribution in [-0.2, 0) is 4.79 Å². The van der Waals surface area contributed by atoms with Gasteiger partial charge in [-0.05, 0) is 18.2 Å². The molecule has 1 aliphatic heterocycles. The van der Waals surface area contributed by atoms with Crippen molar-refractivity contribution in [3.05, 3.63) is 23.8 Å². The lowest BCUT2D eigenvalue weighted by Crippen LogP contribution is -2.49. The van der Waals surface area contributed by atoms with Crippen LogP contribution >= 0.6 is 0 Å². The van der Waals surface area contributed by atoms with Crippen molar-refractivity contribution in [1.29, 1.82) is 0 Å². The molecule has 7 heteroatoms. The van der Waals surface area contributed by atoms with E-state index in [0.29, 0.717) is 5.69 Å². The lowest BCUT2D eigenvalue weighted by molar-refractivity contribution is -0.120. The molecule has 0 unspecified atom stereocenters. The number of carbonyl (C=O) groups excluding carboxylic acids is 2. The fourth-order valence-corrected chi connectivity index (χ4v) is 1.83. The first kappa shape index (κ1) is 16.5. The highest BCUT2D eigenvalue weighted by atomic mass is 16.5. The maximum absolute atomic E-state index is 11.7. The molecule has 7 nitrogen and oxygen atoms in total. The van der Waals surface area contributed by atoms with Gasteiger partial charge in [-0.1, -0.05) is 13.8 Å². The first-order valence-electron chi connectivity index (χ1n) is 6.55. The Morgan fingerprint density at radius 1 is 1.33 bits per heavy atom. The second kappa shape index (κ2) is 7.28. The van der Waals surface area contributed by atoms with Gasteiger partial charge in [-0.3, -0.25) is 15.0 Å². The molecular formula is C14H18N2O5. The second-order valence-electron chi connectivity index (χ2n) is 3.95. The van der Waals surface area contributed by atoms with Gasteiger partial charge >= 0.3 is 12.0 Å². The van der Waals surface area contributed by atoms with Crippen molar-refractivity contribution in [3.63, 3.8) is 0 Å². The largest absolute Gasteiger partial charge is 0.495 e. The number of urea groups is 1. The third kappa shape index (κ3) is 3.71. The minimum atomic E-state index is -1.08. The number of carbonyl (C=O) groups is 3. The smallest absolute Gasteiger partial charge is 0.335 e. The summed E-state index contributed by atoms with van der Waals surface area (Å²) < 4.78 is 5.09. The van der Waals surface area contributed by atoms with Crippen molar-refractivity contribution >= 4 is 23.6 Å². The average Bonchev–Trinajstić information content (AvgIpc) is 2.49. The van der Waals surface area contributed by atoms with Gasteiger partial charge in [0.05, 0.1) is 18.4 Å². The first-order chi connectivity index (χ1) is 10.0. The number of benzene rings is 1. The van der Waals surface area contributed by atoms with Crippen LogP contribution in [-0.4, -0.2) is 36.7 Å². The van der Waals surface area contributed by atoms with Gasteiger partial charge in [0.15, 0.2) is 0 Å². The summed E-state index contributed by atoms with van der Waals surface area (Å²) in [5.41, 5.74) is 0.492. The Morgan fingerprint density at radius 3 is 2.52 bits per heavy atom. The highest BCUT2D eigenvalue weighted by Gasteiger charge is 2.26. The molecule has 0 bridgehead atoms. The van der Waals surface area contributed by atoms with Crippen LogP contribution in [0.15, 0.2) is 18.2 Å². The number of carboxylic acids is 1. The van der Waals surface area contributed by atoms with Gasteiger partial charge < -0.3 is 9.84 Å². The Labute approximate surface area is 122 Å². The fraction of sp³-hybridized carbons (Fsp3) is 0.357. The molecule has 1 aromatic rings. The summed E-state index contributed by atoms with van der Waals surface area (Å²) in [5, 5.41) is 11.1. The van der Waals surface area contributed by atoms with Crippen LogP contribution in [0.1, 0.15) is 30.6 Å². The fourth-order valence-electron chi connectivity index (χ4n) is 1.83. The first-order valence-corrected chi connectivity index (χ1v) is 6.55. The van der Waals surface area contributed by atoms with Crippen LogP contribution < -0.4 is 15.0 Å². The van der Waals surface area contributed by atoms with Gasteiger partial charge in [0.1, 0.15) is 5.75 Å². The lowest BCUT2D eigenvalue weighted by atomic mass is 10.1. The molecule has 2 rings (SSSR count). The molecule has 21 heavy (non-hydrogen) atoms. The molecule has 3 amide bonds. The number of aromatic carboxylic acids is 1. The Kier molecular flexibility index (Phi) is 5.71. The summed E-state index contributed by atoms with van der Waals surface area (Å²) in [4.78, 5) is 35.0. The number of hydrogen-bond acceptors (Lipinski definition) is 4. The number of methoxy groups -OCH3 is 1. The molecule has 1 heterocycles. The zero-order chi connectivity index (χ0) is 16.0. The van der Waals surface area contributed by atoms with Crippen LogP contribution in [0.4, 0.5) is 10.5 Å². The summed E-state index contributed by atoms with van der Waals surface area (Å²) >= 11 is 0. The number of carboxylic acid groups (broad SMARTS) is 1. The summed E-state index contributed by atoms with van der Waals surface area (Å²) in [6.07, 6.45) is 0.190. The van der Waals surface area contributed by atoms with Crippen LogP contribution in [0.25, 0.3) is 0 Å². The number of amides is 3. The van der Waals surface area contributed by atoms with Crippen LogP contribution in [0.2, 0.25) is 0 Å². The highest BCUT2D eigenvalue weighted by molar-refractivity contribution is 6.06. The predicted octanol–water partition coefficient (Wildman–Crippen LogP) is 1.87. The zero-order valence-electron chi connectivity index (χ0n) is 12.2. The number of nitrogens with zero attached hydrogens (tertiary/aromatic N) is 1. The topological polar surface area (TPSA) is 95.9 Å². The SMILES string of the molecule is CC.COc1cc(C(=O)O)ccc1N1CCC(=O)NC1=O. The molecule has 2 N–H and O–H groups in total. The van der Waals surface area contributed by atoms with Crippen molar-refractivity contribution in [2.24, 2.45) is 0 Å². The maximum atomic E-state index is 11.7. The number of hydrogen-bond donors (Lipinski definition) is 2. The van der Waals surface area contributed by atoms with E-state index in [4.69, 9.17) is 9.84 Å². The van der Waals surface area contributed by atoms with E-state index in [-0.39, 0.29) is 30.2 Å². The summed E-state index contributed by atoms with van der Waals surface area (Å²) in [5.74, 6) is -1.14. The van der Waals surface area contributed by atoms with Crippen LogP contribution in [0.5, 0.6) is 5.75 Å². The minimum Gasteiger partial charge on any atom is -0.495 e. The quantitative estimate of drug-likeness (QED) is 0.887. The molecule has 114 valence electrons. The summed E-state index contributed by atoms with van der Waals surface area (Å²) in [6, 6.07) is 3.65. The lowest BCUT2D eigenvalue weighted by Gasteiger charge is -2.27. The summed E-state index contributed by atoms with van der Waals surface area (Å²) in [6.45, 7) is 4.23. The van der Waals surface area contributed by atoms with E-state index in [1.165, 1.54) is 30.2 Å². The van der Waals surface area contributed by atoms with Crippen molar-refractivity contribution in [2.45, 2.75) is 20.3 Å². The zero-order valence-corrected chi connectivity index (χ0v) is 12.2. The standard InChI is InChI=1S/C12H12N2O5.C2H6/c1-19-9-6-7(11(16)17)2-3-8(9)14-5-4-10(15)13-12(14)18;1-2/h2-3,6H,4-5H2,1H3,(H,16,17)(H,13,15,18);1-2H3. The van der Waals surface area contributed by atoms with Crippen molar-refractivity contribution < 1.29 is 24.2 Å². The van der Waals surface area contributed by atoms with Gasteiger partial charge in [0.2, 0.25) is 5.91 Å². The van der Waals surface area contributed by atoms with E-state index in [1.807, 2.05) is 13.8 Å². The third-order valence-corrected chi connectivity index (χ3v) is 2.77. The third-order valence-electron chi connectivity index (χ3n) is 2.77. The molecule has 1 aromatic carbocycles. The Bertz CT molecular complexity index is 556. The number of rotatable bonds is 3. The number of ether oxygens (including phenoxy) is 1. The normalized spacial score (nSPS) is 14.0. The van der Waals surface area contributed by atoms with Gasteiger partial charge in [-0.2, -0.15) is 0 Å². The maximum Gasteiger partial charge on any atom is 0.335 e. The average molecular weight is 294 g/mol. The van der Waals surface area contributed by atoms with Gasteiger partial charge in [-0.25, -0.2) is 9.59 Å². The van der Waals surface area contributed by atoms with Crippen LogP contribution in [0.3, 0.4) is 0 Å².